The summed E-state index contributed by atoms with van der Waals surface area (Å²) in [6.07, 6.45) is 2.15. The third-order valence-electron chi connectivity index (χ3n) is 2.73. The number of rotatable bonds is 2. The van der Waals surface area contributed by atoms with E-state index >= 15 is 0 Å². The van der Waals surface area contributed by atoms with Crippen molar-refractivity contribution in [3.63, 3.8) is 0 Å². The molecule has 0 atom stereocenters. The van der Waals surface area contributed by atoms with Crippen LogP contribution in [0.2, 0.25) is 0 Å². The second kappa shape index (κ2) is 4.96. The van der Waals surface area contributed by atoms with Crippen molar-refractivity contribution < 1.29 is 9.18 Å². The molecule has 0 saturated carbocycles. The summed E-state index contributed by atoms with van der Waals surface area (Å²) in [5, 5.41) is 2.79. The molecule has 86 valence electrons. The summed E-state index contributed by atoms with van der Waals surface area (Å²) in [7, 11) is 0. The van der Waals surface area contributed by atoms with Gasteiger partial charge in [0.25, 0.3) is 0 Å². The smallest absolute Gasteiger partial charge is 0.317 e. The number of nitrogens with zero attached hydrogens (tertiary/aromatic N) is 1. The number of halogens is 1. The fraction of sp³-hybridized carbons (Fsp3) is 0.417. The molecular weight excluding hydrogens is 207 g/mol. The van der Waals surface area contributed by atoms with Gasteiger partial charge < -0.3 is 10.2 Å². The Balaban J connectivity index is 1.84. The van der Waals surface area contributed by atoms with Crippen molar-refractivity contribution in [2.45, 2.75) is 19.4 Å². The van der Waals surface area contributed by atoms with Gasteiger partial charge in [0.2, 0.25) is 0 Å². The maximum atomic E-state index is 12.9. The molecule has 0 bridgehead atoms. The molecule has 0 unspecified atom stereocenters. The second-order valence-electron chi connectivity index (χ2n) is 3.98. The standard InChI is InChI=1S/C12H15FN2O/c13-11-5-3-4-10(8-11)9-14-12(16)15-6-1-2-7-15/h3-5,8H,1-2,6-7,9H2,(H,14,16). The molecule has 1 aromatic rings. The minimum atomic E-state index is -0.270. The molecule has 2 rings (SSSR count). The molecule has 0 aromatic heterocycles. The Labute approximate surface area is 94.3 Å². The quantitative estimate of drug-likeness (QED) is 0.816. The molecule has 2 amide bonds. The number of nitrogens with one attached hydrogen (secondary N) is 1. The molecule has 0 radical (unpaired) electrons. The SMILES string of the molecule is O=C(NCc1cccc(F)c1)N1CCCC1. The van der Waals surface area contributed by atoms with Crippen LogP contribution in [0.3, 0.4) is 0 Å². The maximum absolute atomic E-state index is 12.9. The van der Waals surface area contributed by atoms with Crippen molar-refractivity contribution in [1.29, 1.82) is 0 Å². The lowest BCUT2D eigenvalue weighted by atomic mass is 10.2. The molecular formula is C12H15FN2O. The largest absolute Gasteiger partial charge is 0.334 e. The maximum Gasteiger partial charge on any atom is 0.317 e. The Hall–Kier alpha value is -1.58. The third kappa shape index (κ3) is 2.72. The highest BCUT2D eigenvalue weighted by molar-refractivity contribution is 5.74. The first-order valence-corrected chi connectivity index (χ1v) is 5.53. The molecule has 0 aliphatic carbocycles. The number of hydrogen-bond acceptors (Lipinski definition) is 1. The van der Waals surface area contributed by atoms with Crippen LogP contribution in [0.1, 0.15) is 18.4 Å². The summed E-state index contributed by atoms with van der Waals surface area (Å²) >= 11 is 0. The molecule has 16 heavy (non-hydrogen) atoms. The van der Waals surface area contributed by atoms with Crippen LogP contribution in [0.4, 0.5) is 9.18 Å². The predicted octanol–water partition coefficient (Wildman–Crippen LogP) is 2.13. The van der Waals surface area contributed by atoms with Crippen molar-refractivity contribution in [2.24, 2.45) is 0 Å². The Morgan fingerprint density at radius 3 is 2.81 bits per heavy atom. The van der Waals surface area contributed by atoms with E-state index in [1.807, 2.05) is 0 Å². The van der Waals surface area contributed by atoms with Crippen molar-refractivity contribution in [3.8, 4) is 0 Å². The lowest BCUT2D eigenvalue weighted by Crippen LogP contribution is -2.37. The van der Waals surface area contributed by atoms with Gasteiger partial charge in [0, 0.05) is 19.6 Å². The average molecular weight is 222 g/mol. The number of urea groups is 1. The van der Waals surface area contributed by atoms with Crippen LogP contribution < -0.4 is 5.32 Å². The summed E-state index contributed by atoms with van der Waals surface area (Å²) in [6, 6.07) is 6.22. The van der Waals surface area contributed by atoms with E-state index < -0.39 is 0 Å². The Morgan fingerprint density at radius 2 is 2.12 bits per heavy atom. The van der Waals surface area contributed by atoms with Gasteiger partial charge >= 0.3 is 6.03 Å². The highest BCUT2D eigenvalue weighted by atomic mass is 19.1. The van der Waals surface area contributed by atoms with E-state index in [1.165, 1.54) is 12.1 Å². The molecule has 3 nitrogen and oxygen atoms in total. The van der Waals surface area contributed by atoms with Gasteiger partial charge in [-0.25, -0.2) is 9.18 Å². The van der Waals surface area contributed by atoms with Crippen molar-refractivity contribution in [3.05, 3.63) is 35.6 Å². The van der Waals surface area contributed by atoms with Crippen LogP contribution >= 0.6 is 0 Å². The van der Waals surface area contributed by atoms with Gasteiger partial charge in [-0.2, -0.15) is 0 Å². The first-order valence-electron chi connectivity index (χ1n) is 5.53. The van der Waals surface area contributed by atoms with E-state index in [4.69, 9.17) is 0 Å². The van der Waals surface area contributed by atoms with Gasteiger partial charge in [-0.3, -0.25) is 0 Å². The predicted molar refractivity (Wildman–Crippen MR) is 59.4 cm³/mol. The molecule has 4 heteroatoms. The van der Waals surface area contributed by atoms with Crippen LogP contribution in [0.15, 0.2) is 24.3 Å². The monoisotopic (exact) mass is 222 g/mol. The van der Waals surface area contributed by atoms with Crippen molar-refractivity contribution in [2.75, 3.05) is 13.1 Å². The van der Waals surface area contributed by atoms with Crippen LogP contribution in [-0.2, 0) is 6.54 Å². The Kier molecular flexibility index (Phi) is 3.39. The molecule has 1 aliphatic rings. The summed E-state index contributed by atoms with van der Waals surface area (Å²) < 4.78 is 12.9. The number of benzene rings is 1. The van der Waals surface area contributed by atoms with Crippen LogP contribution in [0.5, 0.6) is 0 Å². The van der Waals surface area contributed by atoms with E-state index in [9.17, 15) is 9.18 Å². The summed E-state index contributed by atoms with van der Waals surface area (Å²) in [5.74, 6) is -0.270. The first kappa shape index (κ1) is 10.9. The zero-order valence-electron chi connectivity index (χ0n) is 9.08. The van der Waals surface area contributed by atoms with E-state index in [0.717, 1.165) is 31.5 Å². The number of hydrogen-bond donors (Lipinski definition) is 1. The fourth-order valence-corrected chi connectivity index (χ4v) is 1.86. The topological polar surface area (TPSA) is 32.3 Å². The third-order valence-corrected chi connectivity index (χ3v) is 2.73. The minimum Gasteiger partial charge on any atom is -0.334 e. The normalized spacial score (nSPS) is 15.2. The molecule has 1 heterocycles. The molecule has 0 spiro atoms. The highest BCUT2D eigenvalue weighted by Crippen LogP contribution is 2.08. The van der Waals surface area contributed by atoms with Crippen LogP contribution in [0, 0.1) is 5.82 Å². The second-order valence-corrected chi connectivity index (χ2v) is 3.98. The first-order chi connectivity index (χ1) is 7.75. The van der Waals surface area contributed by atoms with Crippen LogP contribution in [0.25, 0.3) is 0 Å². The number of likely N-dealkylation sites (tertiary alicyclic amines) is 1. The van der Waals surface area contributed by atoms with Gasteiger partial charge in [-0.05, 0) is 30.5 Å². The lowest BCUT2D eigenvalue weighted by Gasteiger charge is -2.16. The van der Waals surface area contributed by atoms with Gasteiger partial charge in [-0.15, -0.1) is 0 Å². The zero-order valence-corrected chi connectivity index (χ0v) is 9.08. The molecule has 1 fully saturated rings. The zero-order chi connectivity index (χ0) is 11.4. The van der Waals surface area contributed by atoms with Gasteiger partial charge in [-0.1, -0.05) is 12.1 Å². The van der Waals surface area contributed by atoms with Crippen molar-refractivity contribution in [1.82, 2.24) is 10.2 Å². The van der Waals surface area contributed by atoms with Crippen molar-refractivity contribution >= 4 is 6.03 Å². The Bertz CT molecular complexity index is 375. The molecule has 1 saturated heterocycles. The molecule has 1 aliphatic heterocycles. The minimum absolute atomic E-state index is 0.0539. The summed E-state index contributed by atoms with van der Waals surface area (Å²) in [6.45, 7) is 2.04. The van der Waals surface area contributed by atoms with Gasteiger partial charge in [0.15, 0.2) is 0 Å². The number of carbonyl (C=O) groups excluding carboxylic acids is 1. The summed E-state index contributed by atoms with van der Waals surface area (Å²) in [5.41, 5.74) is 0.785. The fourth-order valence-electron chi connectivity index (χ4n) is 1.86. The number of carbonyl (C=O) groups is 1. The van der Waals surface area contributed by atoms with E-state index in [-0.39, 0.29) is 11.8 Å². The highest BCUT2D eigenvalue weighted by Gasteiger charge is 2.16. The van der Waals surface area contributed by atoms with Crippen LogP contribution in [-0.4, -0.2) is 24.0 Å². The van der Waals surface area contributed by atoms with E-state index in [2.05, 4.69) is 5.32 Å². The van der Waals surface area contributed by atoms with Gasteiger partial charge in [0.05, 0.1) is 0 Å². The molecule has 1 aromatic carbocycles. The molecule has 1 N–H and O–H groups in total. The van der Waals surface area contributed by atoms with E-state index in [0.29, 0.717) is 6.54 Å². The van der Waals surface area contributed by atoms with Gasteiger partial charge in [0.1, 0.15) is 5.82 Å². The average Bonchev–Trinajstić information content (AvgIpc) is 2.79. The number of amides is 2. The Morgan fingerprint density at radius 1 is 1.38 bits per heavy atom. The summed E-state index contributed by atoms with van der Waals surface area (Å²) in [4.78, 5) is 13.4. The lowest BCUT2D eigenvalue weighted by molar-refractivity contribution is 0.208. The van der Waals surface area contributed by atoms with E-state index in [1.54, 1.807) is 17.0 Å².